The average Bonchev–Trinajstić information content (AvgIpc) is 3.31. The molecule has 0 spiro atoms. The third kappa shape index (κ3) is 7.26. The highest BCUT2D eigenvalue weighted by molar-refractivity contribution is 7.85. The van der Waals surface area contributed by atoms with E-state index in [0.717, 1.165) is 16.6 Å². The van der Waals surface area contributed by atoms with Crippen LogP contribution < -0.4 is 4.74 Å². The first-order valence-electron chi connectivity index (χ1n) is 13.1. The van der Waals surface area contributed by atoms with Gasteiger partial charge >= 0.3 is 6.18 Å². The van der Waals surface area contributed by atoms with Crippen molar-refractivity contribution in [2.24, 2.45) is 0 Å². The minimum atomic E-state index is -4.65. The molecule has 1 fully saturated rings. The number of rotatable bonds is 7. The molecule has 42 heavy (non-hydrogen) atoms. The van der Waals surface area contributed by atoms with Crippen molar-refractivity contribution in [3.63, 3.8) is 0 Å². The van der Waals surface area contributed by atoms with Crippen molar-refractivity contribution in [2.75, 3.05) is 19.7 Å². The largest absolute Gasteiger partial charge is 0.467 e. The van der Waals surface area contributed by atoms with Crippen LogP contribution in [0.1, 0.15) is 63.7 Å². The molecule has 0 bridgehead atoms. The van der Waals surface area contributed by atoms with E-state index >= 15 is 0 Å². The number of benzene rings is 1. The van der Waals surface area contributed by atoms with E-state index in [1.807, 2.05) is 11.4 Å². The number of piperidine rings is 1. The SMILES string of the molecule is Cc1ccc(C(F)(F)F)c(OCC(=O)N2CCC(c3nc(C4OCc5cccc(CS(=O)(=O)O)c5CO4)cs3)CC2)n1. The number of halogens is 3. The maximum Gasteiger partial charge on any atom is 0.421 e. The van der Waals surface area contributed by atoms with Gasteiger partial charge in [-0.2, -0.15) is 21.6 Å². The Kier molecular flexibility index (Phi) is 8.85. The zero-order chi connectivity index (χ0) is 30.1. The summed E-state index contributed by atoms with van der Waals surface area (Å²) < 4.78 is 89.0. The lowest BCUT2D eigenvalue weighted by atomic mass is 9.97. The molecule has 0 radical (unpaired) electrons. The molecule has 1 unspecified atom stereocenters. The quantitative estimate of drug-likeness (QED) is 0.368. The van der Waals surface area contributed by atoms with E-state index < -0.39 is 52.3 Å². The number of carbonyl (C=O) groups is 1. The number of nitrogens with zero attached hydrogens (tertiary/aromatic N) is 3. The van der Waals surface area contributed by atoms with Crippen LogP contribution in [0.25, 0.3) is 0 Å². The molecule has 4 heterocycles. The lowest BCUT2D eigenvalue weighted by Crippen LogP contribution is -2.40. The highest BCUT2D eigenvalue weighted by atomic mass is 32.2. The number of pyridine rings is 1. The maximum atomic E-state index is 13.3. The number of fused-ring (bicyclic) bond motifs is 1. The Balaban J connectivity index is 1.15. The van der Waals surface area contributed by atoms with E-state index in [4.69, 9.17) is 19.2 Å². The van der Waals surface area contributed by atoms with Gasteiger partial charge in [0.05, 0.1) is 18.2 Å². The summed E-state index contributed by atoms with van der Waals surface area (Å²) in [6.07, 6.45) is -4.18. The van der Waals surface area contributed by atoms with Gasteiger partial charge < -0.3 is 19.1 Å². The molecule has 1 aromatic carbocycles. The summed E-state index contributed by atoms with van der Waals surface area (Å²) in [4.78, 5) is 22.8. The Bertz CT molecular complexity index is 1550. The molecule has 2 aliphatic heterocycles. The Morgan fingerprint density at radius 2 is 1.88 bits per heavy atom. The number of hydrogen-bond acceptors (Lipinski definition) is 9. The monoisotopic (exact) mass is 627 g/mol. The number of ether oxygens (including phenoxy) is 3. The van der Waals surface area contributed by atoms with Crippen LogP contribution in [0.4, 0.5) is 13.2 Å². The Morgan fingerprint density at radius 3 is 2.60 bits per heavy atom. The van der Waals surface area contributed by atoms with Crippen molar-refractivity contribution in [3.05, 3.63) is 74.4 Å². The van der Waals surface area contributed by atoms with Gasteiger partial charge in [-0.3, -0.25) is 9.35 Å². The number of aryl methyl sites for hydroxylation is 1. The second-order valence-electron chi connectivity index (χ2n) is 10.1. The van der Waals surface area contributed by atoms with Crippen molar-refractivity contribution in [1.29, 1.82) is 0 Å². The van der Waals surface area contributed by atoms with E-state index in [0.29, 0.717) is 48.4 Å². The number of carbonyl (C=O) groups excluding carboxylic acids is 1. The van der Waals surface area contributed by atoms with Crippen LogP contribution in [-0.4, -0.2) is 53.4 Å². The topological polar surface area (TPSA) is 128 Å². The summed E-state index contributed by atoms with van der Waals surface area (Å²) in [5.74, 6) is -1.47. The fourth-order valence-electron chi connectivity index (χ4n) is 4.94. The van der Waals surface area contributed by atoms with Crippen LogP contribution in [0.3, 0.4) is 0 Å². The van der Waals surface area contributed by atoms with E-state index in [9.17, 15) is 30.9 Å². The molecule has 1 amide bonds. The van der Waals surface area contributed by atoms with Gasteiger partial charge in [0, 0.05) is 30.1 Å². The summed E-state index contributed by atoms with van der Waals surface area (Å²) in [6.45, 7) is 2.06. The molecule has 15 heteroatoms. The van der Waals surface area contributed by atoms with Gasteiger partial charge in [0.25, 0.3) is 16.0 Å². The van der Waals surface area contributed by atoms with Crippen LogP contribution in [0.15, 0.2) is 35.7 Å². The molecule has 10 nitrogen and oxygen atoms in total. The van der Waals surface area contributed by atoms with Crippen LogP contribution in [0, 0.1) is 6.92 Å². The third-order valence-corrected chi connectivity index (χ3v) is 8.79. The summed E-state index contributed by atoms with van der Waals surface area (Å²) in [6, 6.07) is 7.27. The number of alkyl halides is 3. The first kappa shape index (κ1) is 30.4. The molecular formula is C27H28F3N3O7S2. The lowest BCUT2D eigenvalue weighted by Gasteiger charge is -2.31. The molecular weight excluding hydrogens is 599 g/mol. The van der Waals surface area contributed by atoms with Crippen molar-refractivity contribution in [2.45, 2.75) is 57.1 Å². The highest BCUT2D eigenvalue weighted by Crippen LogP contribution is 2.36. The maximum absolute atomic E-state index is 13.3. The van der Waals surface area contributed by atoms with E-state index in [-0.39, 0.29) is 19.1 Å². The van der Waals surface area contributed by atoms with Gasteiger partial charge in [-0.1, -0.05) is 18.2 Å². The van der Waals surface area contributed by atoms with E-state index in [1.54, 1.807) is 24.0 Å². The second kappa shape index (κ2) is 12.2. The van der Waals surface area contributed by atoms with Gasteiger partial charge in [0.2, 0.25) is 12.2 Å². The minimum absolute atomic E-state index is 0.0772. The highest BCUT2D eigenvalue weighted by Gasteiger charge is 2.36. The van der Waals surface area contributed by atoms with Crippen molar-refractivity contribution >= 4 is 27.4 Å². The normalized spacial score (nSPS) is 18.4. The van der Waals surface area contributed by atoms with Gasteiger partial charge in [0.1, 0.15) is 17.0 Å². The molecule has 0 saturated carbocycles. The number of thiazole rings is 1. The van der Waals surface area contributed by atoms with Gasteiger partial charge in [0.15, 0.2) is 6.61 Å². The summed E-state index contributed by atoms with van der Waals surface area (Å²) in [5, 5.41) is 2.70. The Morgan fingerprint density at radius 1 is 1.14 bits per heavy atom. The molecule has 2 aliphatic rings. The van der Waals surface area contributed by atoms with Crippen molar-refractivity contribution in [3.8, 4) is 5.88 Å². The smallest absolute Gasteiger partial charge is 0.421 e. The molecule has 5 rings (SSSR count). The van der Waals surface area contributed by atoms with E-state index in [2.05, 4.69) is 4.98 Å². The number of aromatic nitrogens is 2. The minimum Gasteiger partial charge on any atom is -0.467 e. The second-order valence-corrected chi connectivity index (χ2v) is 12.4. The standard InChI is InChI=1S/C27H28F3N3O7S2/c1-16-5-6-21(27(28,29)30)24(31-16)38-13-23(34)33-9-7-17(8-10-33)25-32-22(14-41-25)26-39-11-18-3-2-4-19(15-42(35,36)37)20(18)12-40-26/h2-6,14,17,26H,7-13,15H2,1H3,(H,35,36,37). The zero-order valence-corrected chi connectivity index (χ0v) is 24.1. The molecule has 0 aliphatic carbocycles. The summed E-state index contributed by atoms with van der Waals surface area (Å²) in [7, 11) is -4.21. The van der Waals surface area contributed by atoms with Crippen LogP contribution in [-0.2, 0) is 49.5 Å². The molecule has 226 valence electrons. The Hall–Kier alpha value is -3.11. The van der Waals surface area contributed by atoms with Gasteiger partial charge in [-0.05, 0) is 48.6 Å². The van der Waals surface area contributed by atoms with Crippen molar-refractivity contribution < 1.29 is 45.1 Å². The fraction of sp³-hybridized carbons (Fsp3) is 0.444. The van der Waals surface area contributed by atoms with Crippen LogP contribution >= 0.6 is 11.3 Å². The summed E-state index contributed by atoms with van der Waals surface area (Å²) in [5.41, 5.74) is 1.77. The Labute approximate surface area is 244 Å². The first-order valence-corrected chi connectivity index (χ1v) is 15.5. The fourth-order valence-corrected chi connectivity index (χ4v) is 6.59. The predicted molar refractivity (Wildman–Crippen MR) is 144 cm³/mol. The molecule has 1 N–H and O–H groups in total. The molecule has 3 aromatic rings. The number of amides is 1. The number of likely N-dealkylation sites (tertiary alicyclic amines) is 1. The zero-order valence-electron chi connectivity index (χ0n) is 22.5. The van der Waals surface area contributed by atoms with Gasteiger partial charge in [-0.25, -0.2) is 9.97 Å². The van der Waals surface area contributed by atoms with Crippen LogP contribution in [0.2, 0.25) is 0 Å². The predicted octanol–water partition coefficient (Wildman–Crippen LogP) is 4.78. The van der Waals surface area contributed by atoms with Gasteiger partial charge in [-0.15, -0.1) is 11.3 Å². The molecule has 1 atom stereocenters. The molecule has 1 saturated heterocycles. The lowest BCUT2D eigenvalue weighted by molar-refractivity contribution is -0.155. The third-order valence-electron chi connectivity index (χ3n) is 7.09. The number of hydrogen-bond donors (Lipinski definition) is 1. The van der Waals surface area contributed by atoms with E-state index in [1.165, 1.54) is 17.4 Å². The average molecular weight is 628 g/mol. The van der Waals surface area contributed by atoms with Crippen LogP contribution in [0.5, 0.6) is 5.88 Å². The van der Waals surface area contributed by atoms with Crippen molar-refractivity contribution in [1.82, 2.24) is 14.9 Å². The molecule has 2 aromatic heterocycles. The first-order chi connectivity index (χ1) is 19.9. The summed E-state index contributed by atoms with van der Waals surface area (Å²) >= 11 is 1.45.